The Kier molecular flexibility index (Phi) is 12.2. The van der Waals surface area contributed by atoms with Gasteiger partial charge in [-0.25, -0.2) is 13.9 Å². The maximum Gasteiger partial charge on any atom is 0.329 e. The van der Waals surface area contributed by atoms with Crippen LogP contribution in [-0.4, -0.2) is 71.2 Å². The molecular formula is C39H42N4O8S. The molecule has 0 unspecified atom stereocenters. The molecule has 0 bridgehead atoms. The zero-order chi connectivity index (χ0) is 37.4. The van der Waals surface area contributed by atoms with E-state index >= 15 is 0 Å². The molecule has 0 fully saturated rings. The first kappa shape index (κ1) is 37.9. The molecule has 3 amide bonds. The van der Waals surface area contributed by atoms with E-state index < -0.39 is 58.4 Å². The van der Waals surface area contributed by atoms with Crippen LogP contribution in [-0.2, 0) is 37.4 Å². The van der Waals surface area contributed by atoms with E-state index in [4.69, 9.17) is 4.84 Å². The Morgan fingerprint density at radius 3 is 1.88 bits per heavy atom. The van der Waals surface area contributed by atoms with Gasteiger partial charge in [0.25, 0.3) is 11.8 Å². The summed E-state index contributed by atoms with van der Waals surface area (Å²) in [4.78, 5) is 58.0. The first-order chi connectivity index (χ1) is 24.8. The Morgan fingerprint density at radius 1 is 0.808 bits per heavy atom. The molecule has 0 aromatic heterocycles. The third-order valence-electron chi connectivity index (χ3n) is 8.62. The second-order valence-corrected chi connectivity index (χ2v) is 15.0. The normalized spacial score (nSPS) is 14.5. The number of hydrogen-bond acceptors (Lipinski definition) is 9. The zero-order valence-corrected chi connectivity index (χ0v) is 30.0. The molecule has 1 aliphatic rings. The standard InChI is InChI=1S/C39H42N4O8S/c1-26(2)22-35(43-38(47)32-16-10-11-17-33(32)39(43)48)37(46)40-34(23-28-12-6-4-7-13-28)36(45)25-42(24-29-14-8-5-9-15-29)52(49,50)31-20-18-30(19-21-31)41-51-27(3)44/h4-21,26,34-36,41,45H,22-25H2,1-3H3,(H,40,46)/t34-,35-,36+/m0/s1. The minimum absolute atomic E-state index is 0.0738. The fourth-order valence-electron chi connectivity index (χ4n) is 6.04. The van der Waals surface area contributed by atoms with E-state index in [1.54, 1.807) is 54.6 Å². The lowest BCUT2D eigenvalue weighted by Gasteiger charge is -2.33. The molecule has 4 aromatic carbocycles. The SMILES string of the molecule is CC(=O)ONc1ccc(S(=O)(=O)N(Cc2ccccc2)C[C@@H](O)[C@H](Cc2ccccc2)NC(=O)[C@H](CC(C)C)N2C(=O)c3ccccc3C2=O)cc1. The summed E-state index contributed by atoms with van der Waals surface area (Å²) in [6.45, 7) is 4.47. The molecule has 12 nitrogen and oxygen atoms in total. The van der Waals surface area contributed by atoms with Gasteiger partial charge in [0, 0.05) is 20.0 Å². The number of benzene rings is 4. The summed E-state index contributed by atoms with van der Waals surface area (Å²) in [6, 6.07) is 27.8. The van der Waals surface area contributed by atoms with Crippen LogP contribution in [0.2, 0.25) is 0 Å². The first-order valence-electron chi connectivity index (χ1n) is 16.9. The predicted octanol–water partition coefficient (Wildman–Crippen LogP) is 4.57. The minimum atomic E-state index is -4.24. The van der Waals surface area contributed by atoms with Gasteiger partial charge in [-0.3, -0.25) is 24.1 Å². The molecule has 1 aliphatic heterocycles. The number of nitrogens with one attached hydrogen (secondary N) is 2. The maximum atomic E-state index is 14.2. The van der Waals surface area contributed by atoms with Crippen LogP contribution < -0.4 is 10.8 Å². The second kappa shape index (κ2) is 16.8. The van der Waals surface area contributed by atoms with Gasteiger partial charge in [-0.1, -0.05) is 86.6 Å². The largest absolute Gasteiger partial charge is 0.390 e. The predicted molar refractivity (Wildman–Crippen MR) is 194 cm³/mol. The Hall–Kier alpha value is -5.37. The lowest BCUT2D eigenvalue weighted by Crippen LogP contribution is -2.56. The molecule has 0 aliphatic carbocycles. The number of rotatable bonds is 16. The molecule has 52 heavy (non-hydrogen) atoms. The van der Waals surface area contributed by atoms with Gasteiger partial charge in [-0.05, 0) is 66.3 Å². The Bertz CT molecular complexity index is 1950. The Labute approximate surface area is 303 Å². The van der Waals surface area contributed by atoms with Crippen LogP contribution in [0.25, 0.3) is 0 Å². The summed E-state index contributed by atoms with van der Waals surface area (Å²) in [5.41, 5.74) is 4.66. The smallest absolute Gasteiger partial charge is 0.329 e. The number of hydrogen-bond donors (Lipinski definition) is 3. The van der Waals surface area contributed by atoms with Crippen molar-refractivity contribution in [1.29, 1.82) is 0 Å². The van der Waals surface area contributed by atoms with Crippen molar-refractivity contribution < 1.29 is 37.5 Å². The van der Waals surface area contributed by atoms with E-state index in [-0.39, 0.29) is 41.3 Å². The molecule has 0 saturated heterocycles. The summed E-state index contributed by atoms with van der Waals surface area (Å²) < 4.78 is 29.5. The van der Waals surface area contributed by atoms with Crippen LogP contribution in [0.1, 0.15) is 59.0 Å². The van der Waals surface area contributed by atoms with Gasteiger partial charge < -0.3 is 15.3 Å². The monoisotopic (exact) mass is 726 g/mol. The molecule has 272 valence electrons. The third-order valence-corrected chi connectivity index (χ3v) is 10.4. The van der Waals surface area contributed by atoms with Crippen molar-refractivity contribution in [2.75, 3.05) is 12.0 Å². The van der Waals surface area contributed by atoms with Crippen molar-refractivity contribution in [2.45, 2.75) is 63.2 Å². The number of sulfonamides is 1. The molecule has 0 saturated carbocycles. The fourth-order valence-corrected chi connectivity index (χ4v) is 7.49. The number of aliphatic hydroxyl groups excluding tert-OH is 1. The molecule has 13 heteroatoms. The van der Waals surface area contributed by atoms with Gasteiger partial charge in [-0.2, -0.15) is 4.31 Å². The van der Waals surface area contributed by atoms with E-state index in [0.717, 1.165) is 14.8 Å². The lowest BCUT2D eigenvalue weighted by atomic mass is 9.98. The number of aliphatic hydroxyl groups is 1. The van der Waals surface area contributed by atoms with Crippen molar-refractivity contribution in [3.05, 3.63) is 131 Å². The van der Waals surface area contributed by atoms with Crippen LogP contribution >= 0.6 is 0 Å². The highest BCUT2D eigenvalue weighted by Crippen LogP contribution is 2.28. The maximum absolute atomic E-state index is 14.2. The molecule has 5 rings (SSSR count). The van der Waals surface area contributed by atoms with E-state index in [0.29, 0.717) is 11.3 Å². The lowest BCUT2D eigenvalue weighted by molar-refractivity contribution is -0.138. The highest BCUT2D eigenvalue weighted by Gasteiger charge is 2.43. The van der Waals surface area contributed by atoms with Crippen molar-refractivity contribution in [3.63, 3.8) is 0 Å². The van der Waals surface area contributed by atoms with Crippen LogP contribution in [0.4, 0.5) is 5.69 Å². The van der Waals surface area contributed by atoms with E-state index in [1.165, 1.54) is 31.2 Å². The molecule has 4 aromatic rings. The van der Waals surface area contributed by atoms with Crippen LogP contribution in [0, 0.1) is 5.92 Å². The number of fused-ring (bicyclic) bond motifs is 1. The fraction of sp³-hybridized carbons (Fsp3) is 0.282. The molecule has 1 heterocycles. The van der Waals surface area contributed by atoms with Crippen LogP contribution in [0.15, 0.2) is 114 Å². The molecular weight excluding hydrogens is 685 g/mol. The Balaban J connectivity index is 1.45. The number of amides is 3. The molecule has 0 radical (unpaired) electrons. The van der Waals surface area contributed by atoms with Gasteiger partial charge in [0.2, 0.25) is 15.9 Å². The highest BCUT2D eigenvalue weighted by atomic mass is 32.2. The summed E-state index contributed by atoms with van der Waals surface area (Å²) >= 11 is 0. The van der Waals surface area contributed by atoms with E-state index in [1.807, 2.05) is 44.2 Å². The summed E-state index contributed by atoms with van der Waals surface area (Å²) in [5, 5.41) is 14.8. The van der Waals surface area contributed by atoms with Gasteiger partial charge >= 0.3 is 5.97 Å². The average Bonchev–Trinajstić information content (AvgIpc) is 3.38. The summed E-state index contributed by atoms with van der Waals surface area (Å²) in [6.07, 6.45) is -1.14. The van der Waals surface area contributed by atoms with E-state index in [9.17, 15) is 32.7 Å². The van der Waals surface area contributed by atoms with Gasteiger partial charge in [0.05, 0.1) is 33.9 Å². The number of carbonyl (C=O) groups excluding carboxylic acids is 4. The number of anilines is 1. The summed E-state index contributed by atoms with van der Waals surface area (Å²) in [5.74, 6) is -2.45. The van der Waals surface area contributed by atoms with Crippen molar-refractivity contribution in [2.24, 2.45) is 5.92 Å². The van der Waals surface area contributed by atoms with Crippen molar-refractivity contribution in [3.8, 4) is 0 Å². The van der Waals surface area contributed by atoms with Crippen LogP contribution in [0.3, 0.4) is 0 Å². The number of nitrogens with zero attached hydrogens (tertiary/aromatic N) is 2. The second-order valence-electron chi connectivity index (χ2n) is 13.0. The average molecular weight is 727 g/mol. The first-order valence-corrected chi connectivity index (χ1v) is 18.4. The van der Waals surface area contributed by atoms with E-state index in [2.05, 4.69) is 10.8 Å². The number of carbonyl (C=O) groups is 4. The third kappa shape index (κ3) is 9.10. The van der Waals surface area contributed by atoms with Gasteiger partial charge in [0.1, 0.15) is 6.04 Å². The molecule has 3 atom stereocenters. The van der Waals surface area contributed by atoms with Gasteiger partial charge in [-0.15, -0.1) is 0 Å². The highest BCUT2D eigenvalue weighted by molar-refractivity contribution is 7.89. The topological polar surface area (TPSA) is 162 Å². The quantitative estimate of drug-likeness (QED) is 0.111. The zero-order valence-electron chi connectivity index (χ0n) is 29.1. The number of imide groups is 1. The van der Waals surface area contributed by atoms with Gasteiger partial charge in [0.15, 0.2) is 0 Å². The molecule has 0 spiro atoms. The molecule has 3 N–H and O–H groups in total. The summed E-state index contributed by atoms with van der Waals surface area (Å²) in [7, 11) is -4.24. The minimum Gasteiger partial charge on any atom is -0.390 e. The van der Waals surface area contributed by atoms with Crippen molar-refractivity contribution >= 4 is 39.4 Å². The van der Waals surface area contributed by atoms with Crippen molar-refractivity contribution in [1.82, 2.24) is 14.5 Å². The van der Waals surface area contributed by atoms with Crippen LogP contribution in [0.5, 0.6) is 0 Å². The Morgan fingerprint density at radius 2 is 1.35 bits per heavy atom.